The molecule has 4 aromatic carbocycles. The second kappa shape index (κ2) is 26.9. The van der Waals surface area contributed by atoms with E-state index in [0.717, 1.165) is 17.1 Å². The lowest BCUT2D eigenvalue weighted by Crippen LogP contribution is -2.30. The number of nitrogens with one attached hydrogen (secondary N) is 1. The summed E-state index contributed by atoms with van der Waals surface area (Å²) in [7, 11) is 0. The minimum absolute atomic E-state index is 0.0193. The summed E-state index contributed by atoms with van der Waals surface area (Å²) in [5, 5.41) is 51.8. The quantitative estimate of drug-likeness (QED) is 0.0521. The van der Waals surface area contributed by atoms with Crippen LogP contribution in [0.4, 0.5) is 22.7 Å². The van der Waals surface area contributed by atoms with Crippen molar-refractivity contribution in [3.05, 3.63) is 202 Å². The van der Waals surface area contributed by atoms with Crippen LogP contribution < -0.4 is 5.32 Å². The minimum atomic E-state index is -1.09. The van der Waals surface area contributed by atoms with Crippen LogP contribution >= 0.6 is 11.6 Å². The summed E-state index contributed by atoms with van der Waals surface area (Å²) in [6, 6.07) is 23.1. The number of hydrogen-bond acceptors (Lipinski definition) is 14. The molecule has 64 heavy (non-hydrogen) atoms. The van der Waals surface area contributed by atoms with E-state index in [1.54, 1.807) is 30.4 Å². The van der Waals surface area contributed by atoms with Gasteiger partial charge in [0.05, 0.1) is 19.7 Å². The SMILES string of the molecule is O=C(Cl)/C=C/c1cccc([N+](=O)[O-])c1.O=C(O)/C=C/c1cccc([N+](=O)[O-])c1.O=C1C=CCN1.O=C1C=CCN1C(=O)/C=C/c1cccc([N+](=O)[O-])c1.O=Cc1cccc([N+](=O)[O-])c1. The summed E-state index contributed by atoms with van der Waals surface area (Å²) in [5.41, 5.74) is 1.71. The Hall–Kier alpha value is -9.11. The van der Waals surface area contributed by atoms with E-state index < -0.39 is 36.8 Å². The normalized spacial score (nSPS) is 12.0. The number of nitrogens with zero attached hydrogens (tertiary/aromatic N) is 5. The van der Waals surface area contributed by atoms with Crippen molar-refractivity contribution >= 4 is 87.8 Å². The standard InChI is InChI=1S/C13H10N2O4.C9H6ClNO3.C9H7NO4.C7H5NO3.C4H5NO/c16-12-5-2-8-14(12)13(17)7-6-10-3-1-4-11(9-10)15(18)19;10-9(12)5-4-7-2-1-3-8(6-7)11(13)14;11-9(12)5-4-7-2-1-3-8(6-7)10(13)14;9-5-6-2-1-3-7(4-6)8(10)11;6-4-2-1-3-5-4/h1-7,9H,8H2;1-6H;1-6H,(H,11,12);1-5H;1-2H,3H2,(H,5,6)/b7-6+;2*5-4+;;. The van der Waals surface area contributed by atoms with Gasteiger partial charge in [0, 0.05) is 91.5 Å². The van der Waals surface area contributed by atoms with Crippen LogP contribution in [0.1, 0.15) is 27.0 Å². The Balaban J connectivity index is 0.000000285. The first-order valence-electron chi connectivity index (χ1n) is 17.8. The number of halogens is 1. The van der Waals surface area contributed by atoms with Crippen LogP contribution in [-0.2, 0) is 24.0 Å². The number of carboxylic acids is 1. The molecule has 0 aliphatic carbocycles. The molecule has 4 aromatic rings. The molecule has 2 aliphatic rings. The van der Waals surface area contributed by atoms with Crippen LogP contribution in [0.2, 0.25) is 0 Å². The zero-order valence-corrected chi connectivity index (χ0v) is 33.5. The molecule has 328 valence electrons. The predicted octanol–water partition coefficient (Wildman–Crippen LogP) is 6.68. The lowest BCUT2D eigenvalue weighted by atomic mass is 10.2. The summed E-state index contributed by atoms with van der Waals surface area (Å²) in [6.45, 7) is 0.968. The Kier molecular flexibility index (Phi) is 21.4. The maximum atomic E-state index is 11.7. The number of imide groups is 1. The number of rotatable bonds is 11. The number of allylic oxidation sites excluding steroid dienone is 1. The third-order valence-electron chi connectivity index (χ3n) is 7.45. The molecule has 3 amide bonds. The van der Waals surface area contributed by atoms with Crippen LogP contribution in [0, 0.1) is 40.5 Å². The van der Waals surface area contributed by atoms with E-state index in [4.69, 9.17) is 16.7 Å². The maximum Gasteiger partial charge on any atom is 0.328 e. The first kappa shape index (κ1) is 51.0. The minimum Gasteiger partial charge on any atom is -0.478 e. The molecule has 2 aliphatic heterocycles. The molecule has 0 atom stereocenters. The second-order valence-electron chi connectivity index (χ2n) is 12.0. The highest BCUT2D eigenvalue weighted by Gasteiger charge is 2.19. The summed E-state index contributed by atoms with van der Waals surface area (Å²) in [4.78, 5) is 104. The Morgan fingerprint density at radius 2 is 1.02 bits per heavy atom. The highest BCUT2D eigenvalue weighted by atomic mass is 35.5. The van der Waals surface area contributed by atoms with Crippen LogP contribution in [0.3, 0.4) is 0 Å². The molecule has 21 nitrogen and oxygen atoms in total. The number of aliphatic carboxylic acids is 1. The fourth-order valence-corrected chi connectivity index (χ4v) is 4.61. The molecule has 0 spiro atoms. The number of nitro groups is 4. The molecule has 0 bridgehead atoms. The maximum absolute atomic E-state index is 11.7. The van der Waals surface area contributed by atoms with Gasteiger partial charge in [0.25, 0.3) is 34.6 Å². The Morgan fingerprint density at radius 3 is 1.33 bits per heavy atom. The van der Waals surface area contributed by atoms with Gasteiger partial charge in [-0.25, -0.2) is 4.79 Å². The molecule has 6 rings (SSSR count). The number of carbonyl (C=O) groups is 6. The first-order chi connectivity index (χ1) is 30.4. The molecular formula is C42H33ClN6O15. The Morgan fingerprint density at radius 1 is 0.609 bits per heavy atom. The van der Waals surface area contributed by atoms with E-state index in [1.807, 2.05) is 0 Å². The Bertz CT molecular complexity index is 2490. The molecule has 0 saturated heterocycles. The number of hydrogen-bond donors (Lipinski definition) is 2. The van der Waals surface area contributed by atoms with Crippen molar-refractivity contribution in [2.24, 2.45) is 0 Å². The lowest BCUT2D eigenvalue weighted by molar-refractivity contribution is -0.385. The van der Waals surface area contributed by atoms with Gasteiger partial charge in [0.1, 0.15) is 6.29 Å². The lowest BCUT2D eigenvalue weighted by Gasteiger charge is -2.09. The number of nitro benzene ring substituents is 4. The summed E-state index contributed by atoms with van der Waals surface area (Å²) < 4.78 is 0. The first-order valence-corrected chi connectivity index (χ1v) is 18.1. The molecule has 2 heterocycles. The van der Waals surface area contributed by atoms with Crippen LogP contribution in [-0.4, -0.2) is 78.0 Å². The van der Waals surface area contributed by atoms with Gasteiger partial charge < -0.3 is 10.4 Å². The van der Waals surface area contributed by atoms with Crippen molar-refractivity contribution in [2.75, 3.05) is 13.1 Å². The molecule has 0 aromatic heterocycles. The van der Waals surface area contributed by atoms with Gasteiger partial charge in [-0.3, -0.25) is 69.3 Å². The van der Waals surface area contributed by atoms with Crippen molar-refractivity contribution in [3.63, 3.8) is 0 Å². The number of non-ortho nitro benzene ring substituents is 4. The topological polar surface area (TPSA) is 310 Å². The number of carboxylic acid groups (broad SMARTS) is 1. The van der Waals surface area contributed by atoms with Crippen LogP contribution in [0.25, 0.3) is 18.2 Å². The van der Waals surface area contributed by atoms with Crippen LogP contribution in [0.15, 0.2) is 140 Å². The van der Waals surface area contributed by atoms with E-state index in [0.29, 0.717) is 35.1 Å². The fraction of sp³-hybridized carbons (Fsp3) is 0.0476. The Labute approximate surface area is 366 Å². The van der Waals surface area contributed by atoms with Gasteiger partial charge in [0.2, 0.25) is 11.1 Å². The summed E-state index contributed by atoms with van der Waals surface area (Å²) in [6.07, 6.45) is 14.3. The molecule has 0 unspecified atom stereocenters. The number of amides is 3. The summed E-state index contributed by atoms with van der Waals surface area (Å²) >= 11 is 5.07. The van der Waals surface area contributed by atoms with E-state index in [1.165, 1.54) is 115 Å². The monoisotopic (exact) mass is 896 g/mol. The van der Waals surface area contributed by atoms with Gasteiger partial charge >= 0.3 is 5.97 Å². The van der Waals surface area contributed by atoms with Crippen molar-refractivity contribution < 1.29 is 53.6 Å². The zero-order chi connectivity index (χ0) is 47.6. The molecule has 0 radical (unpaired) electrons. The smallest absolute Gasteiger partial charge is 0.328 e. The average Bonchev–Trinajstić information content (AvgIpc) is 3.95. The van der Waals surface area contributed by atoms with Gasteiger partial charge in [-0.2, -0.15) is 0 Å². The molecule has 2 N–H and O–H groups in total. The van der Waals surface area contributed by atoms with Gasteiger partial charge in [-0.1, -0.05) is 60.7 Å². The van der Waals surface area contributed by atoms with Crippen molar-refractivity contribution in [3.8, 4) is 0 Å². The van der Waals surface area contributed by atoms with E-state index in [-0.39, 0.29) is 41.1 Å². The van der Waals surface area contributed by atoms with Gasteiger partial charge in [-0.05, 0) is 52.6 Å². The highest BCUT2D eigenvalue weighted by Crippen LogP contribution is 2.17. The van der Waals surface area contributed by atoms with Crippen LogP contribution in [0.5, 0.6) is 0 Å². The third-order valence-corrected chi connectivity index (χ3v) is 7.57. The number of benzene rings is 4. The average molecular weight is 897 g/mol. The largest absolute Gasteiger partial charge is 0.478 e. The highest BCUT2D eigenvalue weighted by molar-refractivity contribution is 6.66. The predicted molar refractivity (Wildman–Crippen MR) is 231 cm³/mol. The van der Waals surface area contributed by atoms with Crippen molar-refractivity contribution in [2.45, 2.75) is 0 Å². The molecule has 22 heteroatoms. The van der Waals surface area contributed by atoms with Gasteiger partial charge in [-0.15, -0.1) is 0 Å². The van der Waals surface area contributed by atoms with E-state index >= 15 is 0 Å². The number of carbonyl (C=O) groups excluding carboxylic acids is 5. The number of aldehydes is 1. The molecule has 0 fully saturated rings. The molecular weight excluding hydrogens is 864 g/mol. The summed E-state index contributed by atoms with van der Waals surface area (Å²) in [5.74, 6) is -1.86. The van der Waals surface area contributed by atoms with Gasteiger partial charge in [0.15, 0.2) is 0 Å². The van der Waals surface area contributed by atoms with Crippen molar-refractivity contribution in [1.29, 1.82) is 0 Å². The fourth-order valence-electron chi connectivity index (χ4n) is 4.55. The zero-order valence-electron chi connectivity index (χ0n) is 32.8. The van der Waals surface area contributed by atoms with E-state index in [2.05, 4.69) is 5.32 Å². The third kappa shape index (κ3) is 19.8. The molecule has 0 saturated carbocycles. The second-order valence-corrected chi connectivity index (χ2v) is 12.4. The van der Waals surface area contributed by atoms with E-state index in [9.17, 15) is 69.2 Å². The van der Waals surface area contributed by atoms with Crippen molar-refractivity contribution in [1.82, 2.24) is 10.2 Å².